The zero-order chi connectivity index (χ0) is 20.5. The molecule has 1 aliphatic heterocycles. The molecule has 0 radical (unpaired) electrons. The van der Waals surface area contributed by atoms with E-state index in [4.69, 9.17) is 10.5 Å². The van der Waals surface area contributed by atoms with Crippen LogP contribution in [0, 0.1) is 6.92 Å². The van der Waals surface area contributed by atoms with E-state index in [0.29, 0.717) is 18.7 Å². The summed E-state index contributed by atoms with van der Waals surface area (Å²) in [5, 5.41) is 8.23. The standard InChI is InChI=1S/C21H21N5O3/c1-13-19(23-24-26(13)16-7-9-17(29-2)10-8-16)21(28)25-12-15-6-4-3-5-14(15)11-18(25)20(22)27/h3-10,18H,11-12H2,1-2H3,(H2,22,27)/t18-/m0/s1. The third-order valence-electron chi connectivity index (χ3n) is 5.25. The van der Waals surface area contributed by atoms with E-state index in [1.165, 1.54) is 4.90 Å². The summed E-state index contributed by atoms with van der Waals surface area (Å²) in [5.74, 6) is -0.173. The second kappa shape index (κ2) is 7.38. The number of hydrogen-bond donors (Lipinski definition) is 1. The number of carbonyl (C=O) groups excluding carboxylic acids is 2. The molecular weight excluding hydrogens is 370 g/mol. The fraction of sp³-hybridized carbons (Fsp3) is 0.238. The van der Waals surface area contributed by atoms with E-state index in [-0.39, 0.29) is 11.6 Å². The highest BCUT2D eigenvalue weighted by molar-refractivity contribution is 5.97. The van der Waals surface area contributed by atoms with Gasteiger partial charge in [0.2, 0.25) is 5.91 Å². The zero-order valence-corrected chi connectivity index (χ0v) is 16.2. The second-order valence-corrected chi connectivity index (χ2v) is 6.96. The van der Waals surface area contributed by atoms with Gasteiger partial charge in [0.15, 0.2) is 5.69 Å². The van der Waals surface area contributed by atoms with Crippen molar-refractivity contribution in [2.24, 2.45) is 5.73 Å². The van der Waals surface area contributed by atoms with Gasteiger partial charge in [-0.2, -0.15) is 0 Å². The number of aromatic nitrogens is 3. The van der Waals surface area contributed by atoms with E-state index in [1.54, 1.807) is 18.7 Å². The Morgan fingerprint density at radius 2 is 1.79 bits per heavy atom. The molecule has 2 aromatic carbocycles. The Hall–Kier alpha value is -3.68. The van der Waals surface area contributed by atoms with E-state index in [9.17, 15) is 9.59 Å². The number of rotatable bonds is 4. The lowest BCUT2D eigenvalue weighted by atomic mass is 9.93. The lowest BCUT2D eigenvalue weighted by Gasteiger charge is -2.34. The molecule has 1 atom stereocenters. The molecule has 4 rings (SSSR count). The first-order valence-corrected chi connectivity index (χ1v) is 9.23. The minimum absolute atomic E-state index is 0.200. The Bertz CT molecular complexity index is 1070. The van der Waals surface area contributed by atoms with E-state index in [1.807, 2.05) is 48.5 Å². The average Bonchev–Trinajstić information content (AvgIpc) is 3.13. The number of hydrogen-bond acceptors (Lipinski definition) is 5. The van der Waals surface area contributed by atoms with Gasteiger partial charge in [0.05, 0.1) is 18.5 Å². The summed E-state index contributed by atoms with van der Waals surface area (Å²) in [6.07, 6.45) is 0.392. The van der Waals surface area contributed by atoms with E-state index in [0.717, 1.165) is 22.6 Å². The van der Waals surface area contributed by atoms with Crippen molar-refractivity contribution >= 4 is 11.8 Å². The number of fused-ring (bicyclic) bond motifs is 1. The number of nitrogens with two attached hydrogens (primary N) is 1. The SMILES string of the molecule is COc1ccc(-n2nnc(C(=O)N3Cc4ccccc4C[C@H]3C(N)=O)c2C)cc1. The van der Waals surface area contributed by atoms with Crippen LogP contribution < -0.4 is 10.5 Å². The molecule has 8 nitrogen and oxygen atoms in total. The number of methoxy groups -OCH3 is 1. The van der Waals surface area contributed by atoms with Gasteiger partial charge < -0.3 is 15.4 Å². The Morgan fingerprint density at radius 3 is 2.45 bits per heavy atom. The summed E-state index contributed by atoms with van der Waals surface area (Å²) in [6.45, 7) is 2.08. The maximum atomic E-state index is 13.3. The minimum Gasteiger partial charge on any atom is -0.497 e. The van der Waals surface area contributed by atoms with Gasteiger partial charge in [0, 0.05) is 13.0 Å². The van der Waals surface area contributed by atoms with Crippen LogP contribution in [0.5, 0.6) is 5.75 Å². The molecule has 0 spiro atoms. The van der Waals surface area contributed by atoms with Crippen molar-refractivity contribution in [1.29, 1.82) is 0 Å². The fourth-order valence-corrected chi connectivity index (χ4v) is 3.62. The topological polar surface area (TPSA) is 103 Å². The molecule has 8 heteroatoms. The smallest absolute Gasteiger partial charge is 0.277 e. The number of carbonyl (C=O) groups is 2. The van der Waals surface area contributed by atoms with Crippen LogP contribution in [0.2, 0.25) is 0 Å². The molecule has 2 N–H and O–H groups in total. The predicted octanol–water partition coefficient (Wildman–Crippen LogP) is 1.64. The molecule has 2 heterocycles. The summed E-state index contributed by atoms with van der Waals surface area (Å²) in [5.41, 5.74) is 9.17. The van der Waals surface area contributed by atoms with Crippen LogP contribution in [0.1, 0.15) is 27.3 Å². The van der Waals surface area contributed by atoms with Crippen molar-refractivity contribution in [2.45, 2.75) is 25.9 Å². The van der Waals surface area contributed by atoms with Crippen molar-refractivity contribution in [1.82, 2.24) is 19.9 Å². The third kappa shape index (κ3) is 3.33. The molecule has 0 bridgehead atoms. The highest BCUT2D eigenvalue weighted by atomic mass is 16.5. The molecule has 0 fully saturated rings. The molecule has 0 saturated carbocycles. The molecule has 3 aromatic rings. The summed E-state index contributed by atoms with van der Waals surface area (Å²) in [7, 11) is 1.60. The number of amides is 2. The Kier molecular flexibility index (Phi) is 4.75. The highest BCUT2D eigenvalue weighted by Crippen LogP contribution is 2.26. The summed E-state index contributed by atoms with van der Waals surface area (Å²) >= 11 is 0. The molecule has 29 heavy (non-hydrogen) atoms. The number of ether oxygens (including phenoxy) is 1. The lowest BCUT2D eigenvalue weighted by molar-refractivity contribution is -0.122. The van der Waals surface area contributed by atoms with Crippen molar-refractivity contribution < 1.29 is 14.3 Å². The van der Waals surface area contributed by atoms with Crippen molar-refractivity contribution in [3.63, 3.8) is 0 Å². The van der Waals surface area contributed by atoms with Gasteiger partial charge in [-0.1, -0.05) is 29.5 Å². The van der Waals surface area contributed by atoms with Crippen LogP contribution in [0.3, 0.4) is 0 Å². The van der Waals surface area contributed by atoms with E-state index >= 15 is 0 Å². The van der Waals surface area contributed by atoms with Gasteiger partial charge in [-0.05, 0) is 42.3 Å². The average molecular weight is 391 g/mol. The Balaban J connectivity index is 1.67. The summed E-state index contributed by atoms with van der Waals surface area (Å²) < 4.78 is 6.76. The van der Waals surface area contributed by atoms with E-state index in [2.05, 4.69) is 10.3 Å². The van der Waals surface area contributed by atoms with Gasteiger partial charge in [-0.15, -0.1) is 5.10 Å². The number of primary amides is 1. The largest absolute Gasteiger partial charge is 0.497 e. The summed E-state index contributed by atoms with van der Waals surface area (Å²) in [6, 6.07) is 14.3. The normalized spacial score (nSPS) is 15.7. The predicted molar refractivity (Wildman–Crippen MR) is 106 cm³/mol. The Labute approximate surface area is 167 Å². The molecule has 1 aromatic heterocycles. The molecule has 0 aliphatic carbocycles. The molecule has 0 saturated heterocycles. The van der Waals surface area contributed by atoms with Gasteiger partial charge in [-0.3, -0.25) is 9.59 Å². The molecule has 2 amide bonds. The van der Waals surface area contributed by atoms with Gasteiger partial charge >= 0.3 is 0 Å². The third-order valence-corrected chi connectivity index (χ3v) is 5.25. The number of benzene rings is 2. The van der Waals surface area contributed by atoms with E-state index < -0.39 is 11.9 Å². The maximum Gasteiger partial charge on any atom is 0.277 e. The number of nitrogens with zero attached hydrogens (tertiary/aromatic N) is 4. The lowest BCUT2D eigenvalue weighted by Crippen LogP contribution is -2.51. The minimum atomic E-state index is -0.720. The molecule has 148 valence electrons. The van der Waals surface area contributed by atoms with Crippen molar-refractivity contribution in [3.8, 4) is 11.4 Å². The zero-order valence-electron chi connectivity index (χ0n) is 16.2. The first kappa shape index (κ1) is 18.7. The van der Waals surface area contributed by atoms with Crippen LogP contribution in [-0.2, 0) is 17.8 Å². The second-order valence-electron chi connectivity index (χ2n) is 6.96. The maximum absolute atomic E-state index is 13.3. The first-order chi connectivity index (χ1) is 14.0. The van der Waals surface area contributed by atoms with Crippen molar-refractivity contribution in [3.05, 3.63) is 71.0 Å². The summed E-state index contributed by atoms with van der Waals surface area (Å²) in [4.78, 5) is 26.8. The fourth-order valence-electron chi connectivity index (χ4n) is 3.62. The Morgan fingerprint density at radius 1 is 1.10 bits per heavy atom. The van der Waals surface area contributed by atoms with Crippen LogP contribution >= 0.6 is 0 Å². The van der Waals surface area contributed by atoms with Gasteiger partial charge in [-0.25, -0.2) is 4.68 Å². The van der Waals surface area contributed by atoms with Crippen LogP contribution in [0.25, 0.3) is 5.69 Å². The molecular formula is C21H21N5O3. The van der Waals surface area contributed by atoms with Crippen molar-refractivity contribution in [2.75, 3.05) is 7.11 Å². The quantitative estimate of drug-likeness (QED) is 0.728. The van der Waals surface area contributed by atoms with Gasteiger partial charge in [0.1, 0.15) is 11.8 Å². The van der Waals surface area contributed by atoms with Crippen LogP contribution in [0.4, 0.5) is 0 Å². The molecule has 1 aliphatic rings. The monoisotopic (exact) mass is 391 g/mol. The van der Waals surface area contributed by atoms with Crippen LogP contribution in [0.15, 0.2) is 48.5 Å². The first-order valence-electron chi connectivity index (χ1n) is 9.23. The van der Waals surface area contributed by atoms with Crippen LogP contribution in [-0.4, -0.2) is 44.9 Å². The van der Waals surface area contributed by atoms with Gasteiger partial charge in [0.25, 0.3) is 5.91 Å². The molecule has 0 unspecified atom stereocenters. The highest BCUT2D eigenvalue weighted by Gasteiger charge is 2.35.